The van der Waals surface area contributed by atoms with Gasteiger partial charge < -0.3 is 4.74 Å². The number of esters is 1. The van der Waals surface area contributed by atoms with Crippen LogP contribution in [0.1, 0.15) is 15.9 Å². The number of carbonyl (C=O) groups excluding carboxylic acids is 1. The first kappa shape index (κ1) is 18.9. The SMILES string of the molecule is O=C(Oc1c(Br)cc(Br)cc1/C=C/[N+](=O)[O-])c1ccc(Cl)cc1Cl. The van der Waals surface area contributed by atoms with Gasteiger partial charge in [0.25, 0.3) is 0 Å². The highest BCUT2D eigenvalue weighted by Crippen LogP contribution is 2.35. The Kier molecular flexibility index (Phi) is 6.40. The maximum atomic E-state index is 12.3. The van der Waals surface area contributed by atoms with E-state index < -0.39 is 10.9 Å². The quantitative estimate of drug-likeness (QED) is 0.226. The first-order valence-electron chi connectivity index (χ1n) is 6.26. The minimum atomic E-state index is -0.713. The van der Waals surface area contributed by atoms with Crippen molar-refractivity contribution in [3.63, 3.8) is 0 Å². The molecule has 0 aliphatic carbocycles. The van der Waals surface area contributed by atoms with Gasteiger partial charge in [0, 0.05) is 21.1 Å². The van der Waals surface area contributed by atoms with Gasteiger partial charge in [0.1, 0.15) is 0 Å². The Morgan fingerprint density at radius 1 is 1.21 bits per heavy atom. The van der Waals surface area contributed by atoms with Gasteiger partial charge in [-0.05, 0) is 46.3 Å². The lowest BCUT2D eigenvalue weighted by Crippen LogP contribution is -2.10. The fourth-order valence-corrected chi connectivity index (χ4v) is 3.58. The Morgan fingerprint density at radius 2 is 1.92 bits per heavy atom. The molecule has 0 aliphatic heterocycles. The third kappa shape index (κ3) is 4.80. The van der Waals surface area contributed by atoms with Crippen LogP contribution >= 0.6 is 55.1 Å². The van der Waals surface area contributed by atoms with E-state index in [1.807, 2.05) is 0 Å². The lowest BCUT2D eigenvalue weighted by molar-refractivity contribution is -0.400. The lowest BCUT2D eigenvalue weighted by atomic mass is 10.2. The highest BCUT2D eigenvalue weighted by atomic mass is 79.9. The molecule has 0 aromatic heterocycles. The molecule has 0 aliphatic rings. The van der Waals surface area contributed by atoms with Crippen LogP contribution in [-0.2, 0) is 0 Å². The van der Waals surface area contributed by atoms with Gasteiger partial charge in [-0.1, -0.05) is 39.1 Å². The van der Waals surface area contributed by atoms with Crippen LogP contribution in [0.2, 0.25) is 10.0 Å². The molecule has 0 saturated heterocycles. The van der Waals surface area contributed by atoms with E-state index in [2.05, 4.69) is 31.9 Å². The Morgan fingerprint density at radius 3 is 2.54 bits per heavy atom. The maximum Gasteiger partial charge on any atom is 0.345 e. The molecular formula is C15H7Br2Cl2NO4. The van der Waals surface area contributed by atoms with Crippen molar-refractivity contribution in [3.8, 4) is 5.75 Å². The van der Waals surface area contributed by atoms with Crippen LogP contribution in [-0.4, -0.2) is 10.9 Å². The van der Waals surface area contributed by atoms with E-state index in [1.165, 1.54) is 24.3 Å². The molecule has 2 aromatic carbocycles. The number of ether oxygens (including phenoxy) is 1. The second kappa shape index (κ2) is 8.11. The summed E-state index contributed by atoms with van der Waals surface area (Å²) in [5, 5.41) is 11.1. The summed E-state index contributed by atoms with van der Waals surface area (Å²) in [6.45, 7) is 0. The Bertz CT molecular complexity index is 856. The highest BCUT2D eigenvalue weighted by molar-refractivity contribution is 9.11. The van der Waals surface area contributed by atoms with Crippen LogP contribution in [0.25, 0.3) is 6.08 Å². The zero-order valence-corrected chi connectivity index (χ0v) is 16.3. The number of carbonyl (C=O) groups is 1. The maximum absolute atomic E-state index is 12.3. The Balaban J connectivity index is 2.41. The van der Waals surface area contributed by atoms with Crippen LogP contribution in [0.4, 0.5) is 0 Å². The van der Waals surface area contributed by atoms with E-state index in [0.717, 1.165) is 6.20 Å². The number of halogens is 4. The number of nitro groups is 1. The topological polar surface area (TPSA) is 69.4 Å². The number of benzene rings is 2. The summed E-state index contributed by atoms with van der Waals surface area (Å²) in [6.07, 6.45) is 1.97. The monoisotopic (exact) mass is 493 g/mol. The van der Waals surface area contributed by atoms with E-state index in [1.54, 1.807) is 12.1 Å². The fourth-order valence-electron chi connectivity index (χ4n) is 1.76. The fraction of sp³-hybridized carbons (Fsp3) is 0. The second-order valence-electron chi connectivity index (χ2n) is 4.42. The zero-order chi connectivity index (χ0) is 17.9. The van der Waals surface area contributed by atoms with E-state index in [-0.39, 0.29) is 16.3 Å². The van der Waals surface area contributed by atoms with E-state index in [4.69, 9.17) is 27.9 Å². The van der Waals surface area contributed by atoms with Gasteiger partial charge in [-0.25, -0.2) is 4.79 Å². The van der Waals surface area contributed by atoms with Gasteiger partial charge in [-0.3, -0.25) is 10.1 Å². The summed E-state index contributed by atoms with van der Waals surface area (Å²) >= 11 is 18.3. The third-order valence-electron chi connectivity index (χ3n) is 2.76. The predicted octanol–water partition coefficient (Wildman–Crippen LogP) is 5.99. The van der Waals surface area contributed by atoms with Crippen molar-refractivity contribution in [2.45, 2.75) is 0 Å². The van der Waals surface area contributed by atoms with Crippen molar-refractivity contribution in [1.82, 2.24) is 0 Å². The summed E-state index contributed by atoms with van der Waals surface area (Å²) in [5.41, 5.74) is 0.464. The molecule has 0 amide bonds. The van der Waals surface area contributed by atoms with E-state index >= 15 is 0 Å². The summed E-state index contributed by atoms with van der Waals surface area (Å²) in [6, 6.07) is 7.59. The molecule has 124 valence electrons. The molecular weight excluding hydrogens is 489 g/mol. The molecule has 5 nitrogen and oxygen atoms in total. The highest BCUT2D eigenvalue weighted by Gasteiger charge is 2.17. The molecule has 2 rings (SSSR count). The largest absolute Gasteiger partial charge is 0.421 e. The van der Waals surface area contributed by atoms with Gasteiger partial charge in [0.15, 0.2) is 5.75 Å². The normalized spacial score (nSPS) is 10.8. The number of rotatable bonds is 4. The second-order valence-corrected chi connectivity index (χ2v) is 7.03. The van der Waals surface area contributed by atoms with Crippen LogP contribution in [0, 0.1) is 10.1 Å². The van der Waals surface area contributed by atoms with Gasteiger partial charge in [-0.2, -0.15) is 0 Å². The molecule has 0 unspecified atom stereocenters. The number of nitrogens with zero attached hydrogens (tertiary/aromatic N) is 1. The average Bonchev–Trinajstić information content (AvgIpc) is 2.47. The molecule has 0 fully saturated rings. The number of hydrogen-bond acceptors (Lipinski definition) is 4. The van der Waals surface area contributed by atoms with Crippen molar-refractivity contribution in [3.05, 3.63) is 76.8 Å². The van der Waals surface area contributed by atoms with Crippen LogP contribution in [0.15, 0.2) is 45.5 Å². The summed E-state index contributed by atoms with van der Waals surface area (Å²) < 4.78 is 6.46. The minimum Gasteiger partial charge on any atom is -0.421 e. The zero-order valence-electron chi connectivity index (χ0n) is 11.6. The average molecular weight is 496 g/mol. The molecule has 0 atom stereocenters. The molecule has 24 heavy (non-hydrogen) atoms. The molecule has 0 heterocycles. The minimum absolute atomic E-state index is 0.125. The van der Waals surface area contributed by atoms with Crippen molar-refractivity contribution >= 4 is 67.1 Å². The standard InChI is InChI=1S/C15H7Br2Cl2NO4/c16-9-5-8(3-4-20(22)23)14(12(17)6-9)24-15(21)11-2-1-10(18)7-13(11)19/h1-7H/b4-3+. The van der Waals surface area contributed by atoms with Crippen molar-refractivity contribution < 1.29 is 14.5 Å². The molecule has 2 aromatic rings. The Hall–Kier alpha value is -1.41. The van der Waals surface area contributed by atoms with E-state index in [9.17, 15) is 14.9 Å². The van der Waals surface area contributed by atoms with E-state index in [0.29, 0.717) is 19.5 Å². The smallest absolute Gasteiger partial charge is 0.345 e. The van der Waals surface area contributed by atoms with Crippen molar-refractivity contribution in [2.24, 2.45) is 0 Å². The molecule has 0 spiro atoms. The summed E-state index contributed by atoms with van der Waals surface area (Å²) in [5.74, 6) is -0.581. The van der Waals surface area contributed by atoms with Gasteiger partial charge in [0.2, 0.25) is 6.20 Å². The van der Waals surface area contributed by atoms with Crippen LogP contribution in [0.5, 0.6) is 5.75 Å². The van der Waals surface area contributed by atoms with Crippen LogP contribution < -0.4 is 4.74 Å². The van der Waals surface area contributed by atoms with Crippen molar-refractivity contribution in [2.75, 3.05) is 0 Å². The molecule has 9 heteroatoms. The predicted molar refractivity (Wildman–Crippen MR) is 99.3 cm³/mol. The van der Waals surface area contributed by atoms with Gasteiger partial charge >= 0.3 is 5.97 Å². The first-order chi connectivity index (χ1) is 11.3. The lowest BCUT2D eigenvalue weighted by Gasteiger charge is -2.11. The third-order valence-corrected chi connectivity index (χ3v) is 4.35. The Labute approximate surface area is 163 Å². The number of hydrogen-bond donors (Lipinski definition) is 0. The molecule has 0 N–H and O–H groups in total. The summed E-state index contributed by atoms with van der Waals surface area (Å²) in [7, 11) is 0. The molecule has 0 radical (unpaired) electrons. The van der Waals surface area contributed by atoms with Gasteiger partial charge in [-0.15, -0.1) is 0 Å². The molecule has 0 saturated carbocycles. The van der Waals surface area contributed by atoms with Gasteiger partial charge in [0.05, 0.1) is 20.0 Å². The van der Waals surface area contributed by atoms with Crippen molar-refractivity contribution in [1.29, 1.82) is 0 Å². The first-order valence-corrected chi connectivity index (χ1v) is 8.60. The molecule has 0 bridgehead atoms. The summed E-state index contributed by atoms with van der Waals surface area (Å²) in [4.78, 5) is 22.3. The van der Waals surface area contributed by atoms with Crippen LogP contribution in [0.3, 0.4) is 0 Å².